The van der Waals surface area contributed by atoms with Gasteiger partial charge in [-0.05, 0) is 99.4 Å². The van der Waals surface area contributed by atoms with Gasteiger partial charge in [0, 0.05) is 11.5 Å². The summed E-state index contributed by atoms with van der Waals surface area (Å²) in [5.74, 6) is 1.14. The average Bonchev–Trinajstić information content (AvgIpc) is 3.41. The molecule has 0 unspecified atom stereocenters. The number of aliphatic hydroxyl groups excluding tert-OH is 3. The SMILES string of the molecule is C[C@H]1O[C@@H](O[C@H]2CC[C@@]3(C)[C@@H](CC[C@H]4[C@@H]3CC[C@]3(C)[C@@H](C5=CC(=O)OC5)CC[C@]43O)C2)[C@H](O)[C@H](O)[C@@H]1O. The number of hydrogen-bond donors (Lipinski definition) is 4. The van der Waals surface area contributed by atoms with Crippen LogP contribution in [-0.2, 0) is 19.0 Å². The molecule has 0 amide bonds. The Morgan fingerprint density at radius 1 is 0.946 bits per heavy atom. The molecule has 4 saturated carbocycles. The number of hydrogen-bond acceptors (Lipinski definition) is 8. The van der Waals surface area contributed by atoms with Crippen LogP contribution in [0.2, 0.25) is 0 Å². The summed E-state index contributed by atoms with van der Waals surface area (Å²) in [6.45, 7) is 6.73. The second kappa shape index (κ2) is 9.00. The first-order valence-electron chi connectivity index (χ1n) is 14.4. The van der Waals surface area contributed by atoms with Crippen LogP contribution in [0.25, 0.3) is 0 Å². The van der Waals surface area contributed by atoms with Crippen LogP contribution < -0.4 is 0 Å². The predicted octanol–water partition coefficient (Wildman–Crippen LogP) is 2.46. The van der Waals surface area contributed by atoms with Gasteiger partial charge in [-0.1, -0.05) is 13.8 Å². The summed E-state index contributed by atoms with van der Waals surface area (Å²) in [6.07, 6.45) is 4.88. The average molecular weight is 521 g/mol. The molecular formula is C29H44O8. The van der Waals surface area contributed by atoms with Crippen molar-refractivity contribution in [2.75, 3.05) is 6.61 Å². The molecule has 2 heterocycles. The number of fused-ring (bicyclic) bond motifs is 5. The van der Waals surface area contributed by atoms with E-state index in [-0.39, 0.29) is 34.7 Å². The molecule has 2 aliphatic heterocycles. The van der Waals surface area contributed by atoms with Gasteiger partial charge in [0.2, 0.25) is 0 Å². The smallest absolute Gasteiger partial charge is 0.331 e. The quantitative estimate of drug-likeness (QED) is 0.330. The van der Waals surface area contributed by atoms with Gasteiger partial charge >= 0.3 is 5.97 Å². The van der Waals surface area contributed by atoms with Crippen molar-refractivity contribution in [1.29, 1.82) is 0 Å². The van der Waals surface area contributed by atoms with Crippen LogP contribution in [0.5, 0.6) is 0 Å². The third kappa shape index (κ3) is 3.80. The first-order chi connectivity index (χ1) is 17.5. The highest BCUT2D eigenvalue weighted by Crippen LogP contribution is 2.70. The maximum absolute atomic E-state index is 12.4. The van der Waals surface area contributed by atoms with Crippen LogP contribution in [-0.4, -0.2) is 75.4 Å². The lowest BCUT2D eigenvalue weighted by molar-refractivity contribution is -0.310. The summed E-state index contributed by atoms with van der Waals surface area (Å²) >= 11 is 0. The molecule has 8 heteroatoms. The van der Waals surface area contributed by atoms with E-state index >= 15 is 0 Å². The Morgan fingerprint density at radius 2 is 1.73 bits per heavy atom. The van der Waals surface area contributed by atoms with Crippen LogP contribution in [0.3, 0.4) is 0 Å². The van der Waals surface area contributed by atoms with E-state index < -0.39 is 36.3 Å². The van der Waals surface area contributed by atoms with Crippen LogP contribution in [0.15, 0.2) is 11.6 Å². The van der Waals surface area contributed by atoms with Crippen molar-refractivity contribution in [2.24, 2.45) is 34.5 Å². The second-order valence-corrected chi connectivity index (χ2v) is 13.5. The molecular weight excluding hydrogens is 476 g/mol. The zero-order valence-electron chi connectivity index (χ0n) is 22.3. The number of carbonyl (C=O) groups is 1. The number of esters is 1. The summed E-state index contributed by atoms with van der Waals surface area (Å²) in [5, 5.41) is 43.0. The molecule has 0 radical (unpaired) electrons. The van der Waals surface area contributed by atoms with E-state index in [0.29, 0.717) is 18.4 Å². The molecule has 6 rings (SSSR count). The van der Waals surface area contributed by atoms with E-state index in [9.17, 15) is 25.2 Å². The van der Waals surface area contributed by atoms with Gasteiger partial charge in [-0.2, -0.15) is 0 Å². The molecule has 37 heavy (non-hydrogen) atoms. The first-order valence-corrected chi connectivity index (χ1v) is 14.4. The van der Waals surface area contributed by atoms with Crippen LogP contribution in [0.1, 0.15) is 78.6 Å². The van der Waals surface area contributed by atoms with Gasteiger partial charge in [-0.15, -0.1) is 0 Å². The summed E-state index contributed by atoms with van der Waals surface area (Å²) in [7, 11) is 0. The molecule has 0 aromatic heterocycles. The Morgan fingerprint density at radius 3 is 2.46 bits per heavy atom. The third-order valence-electron chi connectivity index (χ3n) is 12.1. The van der Waals surface area contributed by atoms with Gasteiger partial charge in [0.25, 0.3) is 0 Å². The van der Waals surface area contributed by atoms with E-state index in [0.717, 1.165) is 63.4 Å². The fourth-order valence-corrected chi connectivity index (χ4v) is 9.81. The molecule has 13 atom stereocenters. The van der Waals surface area contributed by atoms with Gasteiger partial charge in [-0.3, -0.25) is 0 Å². The molecule has 0 aromatic rings. The molecule has 0 aromatic carbocycles. The second-order valence-electron chi connectivity index (χ2n) is 13.5. The molecule has 0 spiro atoms. The van der Waals surface area contributed by atoms with E-state index in [1.807, 2.05) is 0 Å². The lowest BCUT2D eigenvalue weighted by Gasteiger charge is -2.64. The molecule has 8 nitrogen and oxygen atoms in total. The highest BCUT2D eigenvalue weighted by molar-refractivity contribution is 5.85. The van der Waals surface area contributed by atoms with Crippen molar-refractivity contribution in [1.82, 2.24) is 0 Å². The third-order valence-corrected chi connectivity index (χ3v) is 12.1. The lowest BCUT2D eigenvalue weighted by Crippen LogP contribution is -2.62. The van der Waals surface area contributed by atoms with Gasteiger partial charge < -0.3 is 34.6 Å². The first kappa shape index (κ1) is 26.2. The molecule has 0 bridgehead atoms. The monoisotopic (exact) mass is 520 g/mol. The normalized spacial score (nSPS) is 55.6. The highest BCUT2D eigenvalue weighted by Gasteiger charge is 2.67. The number of ether oxygens (including phenoxy) is 3. The maximum Gasteiger partial charge on any atom is 0.331 e. The maximum atomic E-state index is 12.4. The Kier molecular flexibility index (Phi) is 6.37. The van der Waals surface area contributed by atoms with E-state index in [1.54, 1.807) is 13.0 Å². The van der Waals surface area contributed by atoms with Crippen molar-refractivity contribution >= 4 is 5.97 Å². The minimum Gasteiger partial charge on any atom is -0.458 e. The van der Waals surface area contributed by atoms with Crippen molar-refractivity contribution in [3.63, 3.8) is 0 Å². The summed E-state index contributed by atoms with van der Waals surface area (Å²) < 4.78 is 17.2. The Labute approximate surface area is 219 Å². The van der Waals surface area contributed by atoms with Gasteiger partial charge in [0.15, 0.2) is 6.29 Å². The fraction of sp³-hybridized carbons (Fsp3) is 0.897. The number of cyclic esters (lactones) is 1. The summed E-state index contributed by atoms with van der Waals surface area (Å²) in [4.78, 5) is 11.8. The molecule has 4 N–H and O–H groups in total. The minimum absolute atomic E-state index is 0.0661. The summed E-state index contributed by atoms with van der Waals surface area (Å²) in [6, 6.07) is 0. The number of carbonyl (C=O) groups excluding carboxylic acids is 1. The standard InChI is InChI=1S/C29H44O8/c1-15-23(31)24(32)25(33)26(36-15)37-18-6-9-27(2)17(13-18)4-5-21-20(27)7-10-28(3)19(8-11-29(21,28)34)16-12-22(30)35-14-16/h12,15,17-21,23-26,31-34H,4-11,13-14H2,1-3H3/t15-,17+,18+,19-,20+,21+,23-,24-,25-,26+,27+,28-,29+/m1/s1. The molecule has 5 fully saturated rings. The number of aliphatic hydroxyl groups is 4. The van der Waals surface area contributed by atoms with Crippen LogP contribution >= 0.6 is 0 Å². The van der Waals surface area contributed by atoms with Crippen molar-refractivity contribution in [3.8, 4) is 0 Å². The number of rotatable bonds is 3. The molecule has 1 saturated heterocycles. The van der Waals surface area contributed by atoms with Crippen LogP contribution in [0.4, 0.5) is 0 Å². The van der Waals surface area contributed by atoms with Crippen molar-refractivity contribution in [3.05, 3.63) is 11.6 Å². The minimum atomic E-state index is -1.28. The Hall–Kier alpha value is -1.03. The Balaban J connectivity index is 1.16. The van der Waals surface area contributed by atoms with Gasteiger partial charge in [0.1, 0.15) is 24.9 Å². The fourth-order valence-electron chi connectivity index (χ4n) is 9.81. The van der Waals surface area contributed by atoms with Crippen LogP contribution in [0, 0.1) is 34.5 Å². The predicted molar refractivity (Wildman–Crippen MR) is 133 cm³/mol. The lowest BCUT2D eigenvalue weighted by atomic mass is 9.43. The van der Waals surface area contributed by atoms with Crippen molar-refractivity contribution in [2.45, 2.75) is 121 Å². The zero-order valence-corrected chi connectivity index (χ0v) is 22.3. The topological polar surface area (TPSA) is 126 Å². The highest BCUT2D eigenvalue weighted by atomic mass is 16.7. The van der Waals surface area contributed by atoms with Crippen molar-refractivity contribution < 1.29 is 39.4 Å². The Bertz CT molecular complexity index is 952. The molecule has 4 aliphatic carbocycles. The molecule has 6 aliphatic rings. The zero-order chi connectivity index (χ0) is 26.3. The summed E-state index contributed by atoms with van der Waals surface area (Å²) in [5.41, 5.74) is 0.243. The molecule has 208 valence electrons. The van der Waals surface area contributed by atoms with E-state index in [1.165, 1.54) is 0 Å². The van der Waals surface area contributed by atoms with E-state index in [2.05, 4.69) is 13.8 Å². The van der Waals surface area contributed by atoms with Gasteiger partial charge in [0.05, 0.1) is 17.8 Å². The largest absolute Gasteiger partial charge is 0.458 e. The van der Waals surface area contributed by atoms with E-state index in [4.69, 9.17) is 14.2 Å². The van der Waals surface area contributed by atoms with Gasteiger partial charge in [-0.25, -0.2) is 4.79 Å².